The largest absolute Gasteiger partial charge is 0.300 e. The van der Waals surface area contributed by atoms with Crippen molar-refractivity contribution < 1.29 is 9.59 Å². The summed E-state index contributed by atoms with van der Waals surface area (Å²) in [6, 6.07) is 0. The van der Waals surface area contributed by atoms with Crippen LogP contribution in [0.4, 0.5) is 0 Å². The summed E-state index contributed by atoms with van der Waals surface area (Å²) in [5.41, 5.74) is 0. The van der Waals surface area contributed by atoms with Gasteiger partial charge in [0.1, 0.15) is 11.6 Å². The smallest absolute Gasteiger partial charge is 0.132 e. The van der Waals surface area contributed by atoms with Crippen LogP contribution in [0.25, 0.3) is 0 Å². The van der Waals surface area contributed by atoms with Crippen molar-refractivity contribution in [3.63, 3.8) is 0 Å². The molecule has 16 heavy (non-hydrogen) atoms. The second-order valence-electron chi connectivity index (χ2n) is 4.91. The maximum Gasteiger partial charge on any atom is 0.132 e. The third-order valence-corrected chi connectivity index (χ3v) is 3.32. The van der Waals surface area contributed by atoms with Crippen LogP contribution in [0.2, 0.25) is 0 Å². The molecule has 92 valence electrons. The predicted octanol–water partition coefficient (Wildman–Crippen LogP) is 3.82. The molecule has 0 aliphatic heterocycles. The van der Waals surface area contributed by atoms with Crippen LogP contribution in [-0.2, 0) is 9.59 Å². The Morgan fingerprint density at radius 2 is 0.688 bits per heavy atom. The zero-order valence-electron chi connectivity index (χ0n) is 10.3. The van der Waals surface area contributed by atoms with Crippen LogP contribution >= 0.6 is 0 Å². The SMILES string of the molecule is O=C1CCCCCCC(=O)CCCCCC1. The van der Waals surface area contributed by atoms with Crippen molar-refractivity contribution in [3.8, 4) is 0 Å². The molecule has 1 fully saturated rings. The first-order chi connectivity index (χ1) is 7.79. The summed E-state index contributed by atoms with van der Waals surface area (Å²) < 4.78 is 0. The van der Waals surface area contributed by atoms with Gasteiger partial charge in [0.15, 0.2) is 0 Å². The van der Waals surface area contributed by atoms with Gasteiger partial charge in [-0.15, -0.1) is 0 Å². The van der Waals surface area contributed by atoms with Crippen molar-refractivity contribution >= 4 is 11.6 Å². The lowest BCUT2D eigenvalue weighted by Crippen LogP contribution is -2.01. The highest BCUT2D eigenvalue weighted by Crippen LogP contribution is 2.13. The molecule has 1 aliphatic carbocycles. The Kier molecular flexibility index (Phi) is 7.11. The van der Waals surface area contributed by atoms with Crippen LogP contribution in [0.3, 0.4) is 0 Å². The molecular formula is C14H24O2. The Hall–Kier alpha value is -0.660. The summed E-state index contributed by atoms with van der Waals surface area (Å²) in [5.74, 6) is 0.876. The fraction of sp³-hybridized carbons (Fsp3) is 0.857. The van der Waals surface area contributed by atoms with Crippen LogP contribution in [0, 0.1) is 0 Å². The van der Waals surface area contributed by atoms with Gasteiger partial charge in [-0.1, -0.05) is 25.7 Å². The van der Waals surface area contributed by atoms with E-state index in [1.165, 1.54) is 0 Å². The van der Waals surface area contributed by atoms with E-state index in [0.717, 1.165) is 77.0 Å². The average Bonchev–Trinajstić information content (AvgIpc) is 2.27. The quantitative estimate of drug-likeness (QED) is 0.627. The zero-order valence-corrected chi connectivity index (χ0v) is 10.3. The molecule has 0 unspecified atom stereocenters. The molecular weight excluding hydrogens is 200 g/mol. The number of Topliss-reactive ketones (excluding diaryl/α,β-unsaturated/α-hetero) is 2. The molecule has 0 amide bonds. The summed E-state index contributed by atoms with van der Waals surface area (Å²) in [4.78, 5) is 22.9. The fourth-order valence-electron chi connectivity index (χ4n) is 2.25. The molecule has 1 rings (SSSR count). The van der Waals surface area contributed by atoms with E-state index in [2.05, 4.69) is 0 Å². The van der Waals surface area contributed by atoms with Crippen molar-refractivity contribution in [1.82, 2.24) is 0 Å². The molecule has 0 heterocycles. The molecule has 0 aromatic heterocycles. The van der Waals surface area contributed by atoms with E-state index in [-0.39, 0.29) is 0 Å². The van der Waals surface area contributed by atoms with E-state index in [4.69, 9.17) is 0 Å². The van der Waals surface area contributed by atoms with E-state index in [1.807, 2.05) is 0 Å². The highest BCUT2D eigenvalue weighted by atomic mass is 16.1. The van der Waals surface area contributed by atoms with Crippen LogP contribution < -0.4 is 0 Å². The lowest BCUT2D eigenvalue weighted by Gasteiger charge is -2.05. The Morgan fingerprint density at radius 1 is 0.438 bits per heavy atom. The summed E-state index contributed by atoms with van der Waals surface area (Å²) in [6.45, 7) is 0. The molecule has 1 aliphatic rings. The minimum absolute atomic E-state index is 0.438. The molecule has 1 saturated carbocycles. The molecule has 0 spiro atoms. The number of hydrogen-bond acceptors (Lipinski definition) is 2. The van der Waals surface area contributed by atoms with Gasteiger partial charge < -0.3 is 0 Å². The summed E-state index contributed by atoms with van der Waals surface area (Å²) in [6.07, 6.45) is 11.6. The standard InChI is InChI=1S/C14H24O2/c15-13-9-5-1-2-6-10-14(16)12-8-4-3-7-11-13/h1-12H2. The molecule has 0 atom stereocenters. The highest BCUT2D eigenvalue weighted by Gasteiger charge is 2.05. The normalized spacial score (nSPS) is 22.8. The van der Waals surface area contributed by atoms with E-state index >= 15 is 0 Å². The third-order valence-electron chi connectivity index (χ3n) is 3.32. The molecule has 0 bridgehead atoms. The molecule has 2 heteroatoms. The maximum absolute atomic E-state index is 11.5. The molecule has 0 N–H and O–H groups in total. The fourth-order valence-corrected chi connectivity index (χ4v) is 2.25. The number of rotatable bonds is 0. The van der Waals surface area contributed by atoms with Crippen LogP contribution in [0.15, 0.2) is 0 Å². The topological polar surface area (TPSA) is 34.1 Å². The van der Waals surface area contributed by atoms with Crippen molar-refractivity contribution in [2.45, 2.75) is 77.0 Å². The Balaban J connectivity index is 2.23. The second-order valence-corrected chi connectivity index (χ2v) is 4.91. The van der Waals surface area contributed by atoms with Gasteiger partial charge >= 0.3 is 0 Å². The van der Waals surface area contributed by atoms with Crippen LogP contribution in [-0.4, -0.2) is 11.6 Å². The second kappa shape index (κ2) is 8.49. The summed E-state index contributed by atoms with van der Waals surface area (Å²) in [7, 11) is 0. The third kappa shape index (κ3) is 6.76. The Labute approximate surface area is 98.8 Å². The minimum atomic E-state index is 0.438. The summed E-state index contributed by atoms with van der Waals surface area (Å²) >= 11 is 0. The number of hydrogen-bond donors (Lipinski definition) is 0. The first-order valence-electron chi connectivity index (χ1n) is 6.82. The van der Waals surface area contributed by atoms with Crippen molar-refractivity contribution in [2.75, 3.05) is 0 Å². The highest BCUT2D eigenvalue weighted by molar-refractivity contribution is 5.78. The van der Waals surface area contributed by atoms with Gasteiger partial charge in [0, 0.05) is 25.7 Å². The van der Waals surface area contributed by atoms with Gasteiger partial charge in [-0.2, -0.15) is 0 Å². The van der Waals surface area contributed by atoms with Gasteiger partial charge in [-0.05, 0) is 25.7 Å². The molecule has 0 radical (unpaired) electrons. The minimum Gasteiger partial charge on any atom is -0.300 e. The number of carbonyl (C=O) groups excluding carboxylic acids is 2. The number of ketones is 2. The van der Waals surface area contributed by atoms with E-state index in [1.54, 1.807) is 0 Å². The molecule has 2 nitrogen and oxygen atoms in total. The van der Waals surface area contributed by atoms with Gasteiger partial charge in [-0.25, -0.2) is 0 Å². The van der Waals surface area contributed by atoms with Crippen molar-refractivity contribution in [3.05, 3.63) is 0 Å². The Bertz CT molecular complexity index is 177. The van der Waals surface area contributed by atoms with E-state index in [9.17, 15) is 9.59 Å². The lowest BCUT2D eigenvalue weighted by atomic mass is 10.00. The Morgan fingerprint density at radius 3 is 0.938 bits per heavy atom. The first-order valence-corrected chi connectivity index (χ1v) is 6.82. The lowest BCUT2D eigenvalue weighted by molar-refractivity contribution is -0.120. The van der Waals surface area contributed by atoms with Gasteiger partial charge in [0.2, 0.25) is 0 Å². The molecule has 0 aromatic carbocycles. The van der Waals surface area contributed by atoms with Gasteiger partial charge in [0.05, 0.1) is 0 Å². The monoisotopic (exact) mass is 224 g/mol. The maximum atomic E-state index is 11.5. The van der Waals surface area contributed by atoms with E-state index < -0.39 is 0 Å². The summed E-state index contributed by atoms with van der Waals surface area (Å²) in [5, 5.41) is 0. The zero-order chi connectivity index (χ0) is 11.6. The van der Waals surface area contributed by atoms with Crippen molar-refractivity contribution in [2.24, 2.45) is 0 Å². The van der Waals surface area contributed by atoms with Gasteiger partial charge in [0.25, 0.3) is 0 Å². The molecule has 0 aromatic rings. The van der Waals surface area contributed by atoms with Crippen LogP contribution in [0.5, 0.6) is 0 Å². The van der Waals surface area contributed by atoms with E-state index in [0.29, 0.717) is 11.6 Å². The predicted molar refractivity (Wildman–Crippen MR) is 65.4 cm³/mol. The number of carbonyl (C=O) groups is 2. The van der Waals surface area contributed by atoms with Crippen molar-refractivity contribution in [1.29, 1.82) is 0 Å². The first kappa shape index (κ1) is 13.4. The van der Waals surface area contributed by atoms with Gasteiger partial charge in [-0.3, -0.25) is 9.59 Å². The molecule has 0 saturated heterocycles. The average molecular weight is 224 g/mol. The van der Waals surface area contributed by atoms with Crippen LogP contribution in [0.1, 0.15) is 77.0 Å².